The fourth-order valence-corrected chi connectivity index (χ4v) is 1.84. The van der Waals surface area contributed by atoms with Crippen molar-refractivity contribution in [2.24, 2.45) is 0 Å². The number of imide groups is 1. The predicted molar refractivity (Wildman–Crippen MR) is 61.9 cm³/mol. The average molecular weight is 250 g/mol. The number of rotatable bonds is 1. The summed E-state index contributed by atoms with van der Waals surface area (Å²) in [6.45, 7) is 0.643. The molecule has 1 saturated heterocycles. The fraction of sp³-hybridized carbons (Fsp3) is 0.182. The van der Waals surface area contributed by atoms with Crippen LogP contribution in [0.1, 0.15) is 5.56 Å². The lowest BCUT2D eigenvalue weighted by Crippen LogP contribution is -2.33. The van der Waals surface area contributed by atoms with Crippen LogP contribution in [0.5, 0.6) is 0 Å². The van der Waals surface area contributed by atoms with E-state index >= 15 is 0 Å². The first-order chi connectivity index (χ1) is 8.13. The van der Waals surface area contributed by atoms with Crippen molar-refractivity contribution in [1.29, 1.82) is 5.26 Å². The van der Waals surface area contributed by atoms with Gasteiger partial charge in [-0.2, -0.15) is 5.26 Å². The van der Waals surface area contributed by atoms with E-state index in [1.165, 1.54) is 4.90 Å². The average Bonchev–Trinajstić information content (AvgIpc) is 2.71. The number of benzene rings is 1. The SMILES string of the molecule is N#Cc1cccc(N2CCN(C(=O)Cl)C2=O)c1. The molecular formula is C11H8ClN3O2. The number of carbonyl (C=O) groups excluding carboxylic acids is 2. The van der Waals surface area contributed by atoms with E-state index in [4.69, 9.17) is 16.9 Å². The number of nitriles is 1. The van der Waals surface area contributed by atoms with E-state index in [9.17, 15) is 9.59 Å². The smallest absolute Gasteiger partial charge is 0.292 e. The molecule has 1 aromatic carbocycles. The molecule has 86 valence electrons. The van der Waals surface area contributed by atoms with Gasteiger partial charge in [0, 0.05) is 18.8 Å². The number of amides is 3. The third-order valence-electron chi connectivity index (χ3n) is 2.51. The van der Waals surface area contributed by atoms with Crippen molar-refractivity contribution in [3.63, 3.8) is 0 Å². The molecular weight excluding hydrogens is 242 g/mol. The van der Waals surface area contributed by atoms with Gasteiger partial charge in [-0.3, -0.25) is 9.69 Å². The third-order valence-corrected chi connectivity index (χ3v) is 2.71. The monoisotopic (exact) mass is 249 g/mol. The predicted octanol–water partition coefficient (Wildman–Crippen LogP) is 2.16. The maximum atomic E-state index is 11.8. The van der Waals surface area contributed by atoms with Gasteiger partial charge in [-0.05, 0) is 29.8 Å². The molecule has 0 atom stereocenters. The molecule has 1 fully saturated rings. The van der Waals surface area contributed by atoms with Crippen LogP contribution >= 0.6 is 11.6 Å². The zero-order valence-corrected chi connectivity index (χ0v) is 9.52. The van der Waals surface area contributed by atoms with Crippen molar-refractivity contribution in [2.45, 2.75) is 0 Å². The van der Waals surface area contributed by atoms with Crippen LogP contribution in [0.4, 0.5) is 15.3 Å². The summed E-state index contributed by atoms with van der Waals surface area (Å²) in [5, 5.41) is 7.99. The highest BCUT2D eigenvalue weighted by molar-refractivity contribution is 6.64. The Morgan fingerprint density at radius 3 is 2.76 bits per heavy atom. The van der Waals surface area contributed by atoms with Crippen molar-refractivity contribution < 1.29 is 9.59 Å². The van der Waals surface area contributed by atoms with Crippen LogP contribution in [0.2, 0.25) is 0 Å². The summed E-state index contributed by atoms with van der Waals surface area (Å²) in [7, 11) is 0. The zero-order valence-electron chi connectivity index (χ0n) is 8.76. The van der Waals surface area contributed by atoms with Gasteiger partial charge in [0.15, 0.2) is 0 Å². The van der Waals surface area contributed by atoms with Crippen LogP contribution in [0.3, 0.4) is 0 Å². The lowest BCUT2D eigenvalue weighted by Gasteiger charge is -2.16. The highest BCUT2D eigenvalue weighted by Gasteiger charge is 2.33. The van der Waals surface area contributed by atoms with Gasteiger partial charge < -0.3 is 0 Å². The Hall–Kier alpha value is -2.06. The lowest BCUT2D eigenvalue weighted by atomic mass is 10.2. The minimum absolute atomic E-state index is 0.262. The van der Waals surface area contributed by atoms with Crippen LogP contribution in [-0.2, 0) is 0 Å². The Kier molecular flexibility index (Phi) is 2.98. The maximum Gasteiger partial charge on any atom is 0.332 e. The van der Waals surface area contributed by atoms with Crippen LogP contribution in [0.15, 0.2) is 24.3 Å². The molecule has 0 aromatic heterocycles. The molecule has 17 heavy (non-hydrogen) atoms. The Labute approximate surface area is 103 Å². The number of anilines is 1. The van der Waals surface area contributed by atoms with Gasteiger partial charge >= 0.3 is 11.4 Å². The second-order valence-electron chi connectivity index (χ2n) is 3.50. The minimum atomic E-state index is -0.783. The summed E-state index contributed by atoms with van der Waals surface area (Å²) >= 11 is 5.28. The van der Waals surface area contributed by atoms with Crippen molar-refractivity contribution in [3.05, 3.63) is 29.8 Å². The van der Waals surface area contributed by atoms with Crippen molar-refractivity contribution in [3.8, 4) is 6.07 Å². The highest BCUT2D eigenvalue weighted by atomic mass is 35.5. The Bertz CT molecular complexity index is 524. The van der Waals surface area contributed by atoms with Gasteiger partial charge in [-0.1, -0.05) is 6.07 Å². The van der Waals surface area contributed by atoms with E-state index in [2.05, 4.69) is 0 Å². The zero-order chi connectivity index (χ0) is 12.4. The van der Waals surface area contributed by atoms with E-state index in [1.807, 2.05) is 6.07 Å². The molecule has 1 aliphatic heterocycles. The van der Waals surface area contributed by atoms with Gasteiger partial charge in [0.05, 0.1) is 11.6 Å². The molecule has 0 N–H and O–H groups in total. The number of nitrogens with zero attached hydrogens (tertiary/aromatic N) is 3. The molecule has 0 radical (unpaired) electrons. The quantitative estimate of drug-likeness (QED) is 0.566. The number of urea groups is 1. The van der Waals surface area contributed by atoms with Crippen LogP contribution < -0.4 is 4.90 Å². The second kappa shape index (κ2) is 4.44. The first-order valence-electron chi connectivity index (χ1n) is 4.92. The molecule has 0 unspecified atom stereocenters. The molecule has 3 amide bonds. The maximum absolute atomic E-state index is 11.8. The first kappa shape index (κ1) is 11.4. The summed E-state index contributed by atoms with van der Waals surface area (Å²) < 4.78 is 0. The normalized spacial score (nSPS) is 14.9. The first-order valence-corrected chi connectivity index (χ1v) is 5.30. The van der Waals surface area contributed by atoms with Crippen molar-refractivity contribution >= 4 is 28.7 Å². The topological polar surface area (TPSA) is 64.4 Å². The summed E-state index contributed by atoms with van der Waals surface area (Å²) in [5.74, 6) is 0. The van der Waals surface area contributed by atoms with Gasteiger partial charge in [-0.25, -0.2) is 9.69 Å². The molecule has 0 saturated carbocycles. The Morgan fingerprint density at radius 2 is 2.18 bits per heavy atom. The summed E-state index contributed by atoms with van der Waals surface area (Å²) in [6.07, 6.45) is 0. The molecule has 0 spiro atoms. The lowest BCUT2D eigenvalue weighted by molar-refractivity contribution is 0.215. The van der Waals surface area contributed by atoms with E-state index < -0.39 is 11.4 Å². The minimum Gasteiger partial charge on any atom is -0.292 e. The molecule has 5 nitrogen and oxygen atoms in total. The van der Waals surface area contributed by atoms with Gasteiger partial charge in [-0.15, -0.1) is 0 Å². The van der Waals surface area contributed by atoms with E-state index in [1.54, 1.807) is 24.3 Å². The number of hydrogen-bond acceptors (Lipinski definition) is 3. The number of halogens is 1. The van der Waals surface area contributed by atoms with Crippen LogP contribution in [-0.4, -0.2) is 29.4 Å². The van der Waals surface area contributed by atoms with Gasteiger partial charge in [0.1, 0.15) is 0 Å². The molecule has 1 heterocycles. The molecule has 0 bridgehead atoms. The van der Waals surface area contributed by atoms with E-state index in [0.717, 1.165) is 4.90 Å². The van der Waals surface area contributed by atoms with Crippen LogP contribution in [0, 0.1) is 11.3 Å². The Balaban J connectivity index is 2.28. The largest absolute Gasteiger partial charge is 0.332 e. The summed E-state index contributed by atoms with van der Waals surface area (Å²) in [6, 6.07) is 8.18. The standard InChI is InChI=1S/C11H8ClN3O2/c12-10(16)15-5-4-14(11(15)17)9-3-1-2-8(6-9)7-13/h1-3,6H,4-5H2. The van der Waals surface area contributed by atoms with E-state index in [0.29, 0.717) is 17.8 Å². The molecule has 6 heteroatoms. The van der Waals surface area contributed by atoms with E-state index in [-0.39, 0.29) is 6.54 Å². The Morgan fingerprint density at radius 1 is 1.41 bits per heavy atom. The van der Waals surface area contributed by atoms with Crippen molar-refractivity contribution in [1.82, 2.24) is 4.90 Å². The van der Waals surface area contributed by atoms with Gasteiger partial charge in [0.25, 0.3) is 0 Å². The molecule has 2 rings (SSSR count). The molecule has 0 aliphatic carbocycles. The summed E-state index contributed by atoms with van der Waals surface area (Å²) in [4.78, 5) is 25.1. The van der Waals surface area contributed by atoms with Crippen molar-refractivity contribution in [2.75, 3.05) is 18.0 Å². The van der Waals surface area contributed by atoms with Crippen LogP contribution in [0.25, 0.3) is 0 Å². The number of hydrogen-bond donors (Lipinski definition) is 0. The second-order valence-corrected chi connectivity index (χ2v) is 3.82. The fourth-order valence-electron chi connectivity index (χ4n) is 1.68. The molecule has 1 aromatic rings. The number of carbonyl (C=O) groups is 2. The highest BCUT2D eigenvalue weighted by Crippen LogP contribution is 2.22. The summed E-state index contributed by atoms with van der Waals surface area (Å²) in [5.41, 5.74) is 1.06. The third kappa shape index (κ3) is 2.08. The molecule has 1 aliphatic rings. The van der Waals surface area contributed by atoms with Gasteiger partial charge in [0.2, 0.25) is 0 Å².